The van der Waals surface area contributed by atoms with Gasteiger partial charge in [-0.05, 0) is 29.5 Å². The number of hydrogen-bond donors (Lipinski definition) is 1. The van der Waals surface area contributed by atoms with Gasteiger partial charge in [0.2, 0.25) is 5.91 Å². The largest absolute Gasteiger partial charge is 0.445 e. The van der Waals surface area contributed by atoms with E-state index in [-0.39, 0.29) is 24.5 Å². The predicted octanol–water partition coefficient (Wildman–Crippen LogP) is 3.85. The lowest BCUT2D eigenvalue weighted by atomic mass is 9.87. The Kier molecular flexibility index (Phi) is 7.34. The molecule has 2 N–H and O–H groups in total. The van der Waals surface area contributed by atoms with E-state index in [4.69, 9.17) is 5.73 Å². The van der Waals surface area contributed by atoms with Crippen LogP contribution in [-0.2, 0) is 22.6 Å². The quantitative estimate of drug-likeness (QED) is 0.889. The van der Waals surface area contributed by atoms with Crippen molar-refractivity contribution in [1.29, 1.82) is 0 Å². The topological polar surface area (TPSA) is 72.6 Å². The summed E-state index contributed by atoms with van der Waals surface area (Å²) in [5.41, 5.74) is 7.72. The first-order valence-corrected chi connectivity index (χ1v) is 8.83. The van der Waals surface area contributed by atoms with E-state index in [1.807, 2.05) is 61.5 Å². The summed E-state index contributed by atoms with van der Waals surface area (Å²) in [6, 6.07) is 16.8. The van der Waals surface area contributed by atoms with E-state index in [1.165, 1.54) is 6.92 Å². The van der Waals surface area contributed by atoms with Crippen LogP contribution in [-0.4, -0.2) is 24.7 Å². The number of alkyl halides is 1. The SMILES string of the molecule is CC(=O)N1c2ccccc2C[C@@H](C)[C@@H]1CF.NC(=O)OCc1ccccc1. The number of ether oxygens (including phenoxy) is 1. The fraction of sp³-hybridized carbons (Fsp3) is 0.333. The molecule has 0 unspecified atom stereocenters. The summed E-state index contributed by atoms with van der Waals surface area (Å²) in [5, 5.41) is 0. The second kappa shape index (κ2) is 9.71. The Labute approximate surface area is 158 Å². The van der Waals surface area contributed by atoms with Crippen molar-refractivity contribution < 1.29 is 18.7 Å². The van der Waals surface area contributed by atoms with Gasteiger partial charge in [-0.2, -0.15) is 0 Å². The fourth-order valence-electron chi connectivity index (χ4n) is 3.19. The van der Waals surface area contributed by atoms with Crippen molar-refractivity contribution in [3.63, 3.8) is 0 Å². The van der Waals surface area contributed by atoms with Crippen LogP contribution in [0.1, 0.15) is 25.0 Å². The maximum atomic E-state index is 13.0. The third-order valence-electron chi connectivity index (χ3n) is 4.50. The van der Waals surface area contributed by atoms with E-state index in [9.17, 15) is 14.0 Å². The van der Waals surface area contributed by atoms with Crippen LogP contribution < -0.4 is 10.6 Å². The average molecular weight is 372 g/mol. The van der Waals surface area contributed by atoms with Gasteiger partial charge in [0.1, 0.15) is 13.3 Å². The van der Waals surface area contributed by atoms with Crippen molar-refractivity contribution in [2.24, 2.45) is 11.7 Å². The number of amides is 2. The first-order chi connectivity index (χ1) is 12.9. The molecular weight excluding hydrogens is 347 g/mol. The molecule has 3 rings (SSSR count). The monoisotopic (exact) mass is 372 g/mol. The number of anilines is 1. The highest BCUT2D eigenvalue weighted by molar-refractivity contribution is 5.93. The summed E-state index contributed by atoms with van der Waals surface area (Å²) >= 11 is 0. The highest BCUT2D eigenvalue weighted by Gasteiger charge is 2.33. The second-order valence-corrected chi connectivity index (χ2v) is 6.51. The number of nitrogens with zero attached hydrogens (tertiary/aromatic N) is 1. The van der Waals surface area contributed by atoms with Crippen molar-refractivity contribution in [3.05, 3.63) is 65.7 Å². The number of fused-ring (bicyclic) bond motifs is 1. The lowest BCUT2D eigenvalue weighted by Crippen LogP contribution is -2.48. The van der Waals surface area contributed by atoms with Gasteiger partial charge in [0.15, 0.2) is 0 Å². The van der Waals surface area contributed by atoms with Crippen molar-refractivity contribution in [2.75, 3.05) is 11.6 Å². The van der Waals surface area contributed by atoms with Gasteiger partial charge in [0.25, 0.3) is 0 Å². The zero-order valence-electron chi connectivity index (χ0n) is 15.6. The molecule has 2 amide bonds. The van der Waals surface area contributed by atoms with E-state index in [1.54, 1.807) is 4.90 Å². The minimum atomic E-state index is -0.742. The Morgan fingerprint density at radius 1 is 1.15 bits per heavy atom. The molecule has 2 aromatic rings. The number of primary amides is 1. The van der Waals surface area contributed by atoms with Crippen LogP contribution >= 0.6 is 0 Å². The van der Waals surface area contributed by atoms with Crippen LogP contribution in [0.3, 0.4) is 0 Å². The van der Waals surface area contributed by atoms with Gasteiger partial charge in [-0.25, -0.2) is 9.18 Å². The van der Waals surface area contributed by atoms with Crippen LogP contribution in [0.4, 0.5) is 14.9 Å². The molecule has 0 radical (unpaired) electrons. The van der Waals surface area contributed by atoms with Gasteiger partial charge < -0.3 is 15.4 Å². The molecule has 144 valence electrons. The molecule has 0 saturated heterocycles. The summed E-state index contributed by atoms with van der Waals surface area (Å²) in [5.74, 6) is 0.0884. The predicted molar refractivity (Wildman–Crippen MR) is 103 cm³/mol. The smallest absolute Gasteiger partial charge is 0.404 e. The van der Waals surface area contributed by atoms with E-state index in [0.29, 0.717) is 0 Å². The number of para-hydroxylation sites is 1. The Morgan fingerprint density at radius 3 is 2.37 bits per heavy atom. The molecule has 0 spiro atoms. The van der Waals surface area contributed by atoms with Crippen molar-refractivity contribution in [1.82, 2.24) is 0 Å². The Bertz CT molecular complexity index is 767. The maximum Gasteiger partial charge on any atom is 0.404 e. The van der Waals surface area contributed by atoms with Gasteiger partial charge in [-0.1, -0.05) is 55.5 Å². The lowest BCUT2D eigenvalue weighted by Gasteiger charge is -2.39. The van der Waals surface area contributed by atoms with Gasteiger partial charge in [0.05, 0.1) is 6.04 Å². The fourth-order valence-corrected chi connectivity index (χ4v) is 3.19. The van der Waals surface area contributed by atoms with Gasteiger partial charge in [-0.15, -0.1) is 0 Å². The number of carbonyl (C=O) groups excluding carboxylic acids is 2. The molecule has 0 aliphatic carbocycles. The molecular formula is C21H25FN2O3. The Balaban J connectivity index is 0.000000208. The van der Waals surface area contributed by atoms with E-state index in [2.05, 4.69) is 4.74 Å². The maximum absolute atomic E-state index is 13.0. The zero-order valence-corrected chi connectivity index (χ0v) is 15.6. The molecule has 27 heavy (non-hydrogen) atoms. The molecule has 0 saturated carbocycles. The van der Waals surface area contributed by atoms with E-state index >= 15 is 0 Å². The normalized spacial score (nSPS) is 18.0. The Hall–Kier alpha value is -2.89. The number of nitrogens with two attached hydrogens (primary N) is 1. The molecule has 0 aromatic heterocycles. The van der Waals surface area contributed by atoms with Crippen molar-refractivity contribution >= 4 is 17.7 Å². The molecule has 2 aromatic carbocycles. The number of halogens is 1. The summed E-state index contributed by atoms with van der Waals surface area (Å²) < 4.78 is 17.6. The summed E-state index contributed by atoms with van der Waals surface area (Å²) in [6.07, 6.45) is 0.100. The first-order valence-electron chi connectivity index (χ1n) is 8.83. The molecule has 0 bridgehead atoms. The standard InChI is InChI=1S/C13H16FNO.C8H9NO2/c1-9-7-11-5-3-4-6-12(11)15(10(2)16)13(9)8-14;9-8(10)11-6-7-4-2-1-3-5-7/h3-6,9,13H,7-8H2,1-2H3;1-5H,6H2,(H2,9,10)/t9-,13+;/m1./s1. The van der Waals surface area contributed by atoms with Gasteiger partial charge in [-0.3, -0.25) is 4.79 Å². The highest BCUT2D eigenvalue weighted by Crippen LogP contribution is 2.33. The molecule has 1 heterocycles. The number of carbonyl (C=O) groups is 2. The van der Waals surface area contributed by atoms with Gasteiger partial charge >= 0.3 is 6.09 Å². The van der Waals surface area contributed by atoms with Crippen LogP contribution in [0.25, 0.3) is 0 Å². The van der Waals surface area contributed by atoms with Crippen LogP contribution in [0.15, 0.2) is 54.6 Å². The third kappa shape index (κ3) is 5.54. The zero-order chi connectivity index (χ0) is 19.8. The van der Waals surface area contributed by atoms with E-state index < -0.39 is 12.8 Å². The van der Waals surface area contributed by atoms with Crippen molar-refractivity contribution in [3.8, 4) is 0 Å². The minimum absolute atomic E-state index is 0.0818. The van der Waals surface area contributed by atoms with Crippen molar-refractivity contribution in [2.45, 2.75) is 32.9 Å². The average Bonchev–Trinajstić information content (AvgIpc) is 2.66. The third-order valence-corrected chi connectivity index (χ3v) is 4.50. The summed E-state index contributed by atoms with van der Waals surface area (Å²) in [4.78, 5) is 23.4. The molecule has 2 atom stereocenters. The highest BCUT2D eigenvalue weighted by atomic mass is 19.1. The number of hydrogen-bond acceptors (Lipinski definition) is 3. The van der Waals surface area contributed by atoms with Crippen LogP contribution in [0.2, 0.25) is 0 Å². The first kappa shape index (κ1) is 20.4. The van der Waals surface area contributed by atoms with Crippen LogP contribution in [0.5, 0.6) is 0 Å². The number of benzene rings is 2. The molecule has 1 aliphatic rings. The molecule has 0 fully saturated rings. The second-order valence-electron chi connectivity index (χ2n) is 6.51. The summed E-state index contributed by atoms with van der Waals surface area (Å²) in [6.45, 7) is 3.26. The molecule has 1 aliphatic heterocycles. The molecule has 5 nitrogen and oxygen atoms in total. The Morgan fingerprint density at radius 2 is 1.78 bits per heavy atom. The van der Waals surface area contributed by atoms with Crippen LogP contribution in [0, 0.1) is 5.92 Å². The summed E-state index contributed by atoms with van der Waals surface area (Å²) in [7, 11) is 0. The molecule has 6 heteroatoms. The number of rotatable bonds is 3. The van der Waals surface area contributed by atoms with E-state index in [0.717, 1.165) is 23.2 Å². The van der Waals surface area contributed by atoms with Gasteiger partial charge in [0, 0.05) is 12.6 Å². The lowest BCUT2D eigenvalue weighted by molar-refractivity contribution is -0.117. The minimum Gasteiger partial charge on any atom is -0.445 e.